The molecule has 0 bridgehead atoms. The molecule has 1 aromatic carbocycles. The van der Waals surface area contributed by atoms with E-state index in [9.17, 15) is 4.21 Å². The van der Waals surface area contributed by atoms with Gasteiger partial charge in [0.2, 0.25) is 0 Å². The molecule has 1 aliphatic rings. The van der Waals surface area contributed by atoms with Gasteiger partial charge in [0.15, 0.2) is 0 Å². The van der Waals surface area contributed by atoms with Gasteiger partial charge in [0.25, 0.3) is 0 Å². The van der Waals surface area contributed by atoms with Crippen LogP contribution in [0.2, 0.25) is 0 Å². The number of benzene rings is 1. The summed E-state index contributed by atoms with van der Waals surface area (Å²) in [5, 5.41) is 1.25. The normalized spacial score (nSPS) is 22.8. The summed E-state index contributed by atoms with van der Waals surface area (Å²) in [5.74, 6) is 0.695. The summed E-state index contributed by atoms with van der Waals surface area (Å²) in [7, 11) is 3.70. The van der Waals surface area contributed by atoms with E-state index in [4.69, 9.17) is 0 Å². The van der Waals surface area contributed by atoms with Crippen molar-refractivity contribution in [2.75, 3.05) is 26.9 Å². The molecule has 0 saturated carbocycles. The molecule has 2 heterocycles. The molecule has 1 aromatic heterocycles. The van der Waals surface area contributed by atoms with Crippen LogP contribution in [0.15, 0.2) is 33.7 Å². The lowest BCUT2D eigenvalue weighted by Gasteiger charge is -2.22. The molecule has 0 saturated heterocycles. The topological polar surface area (TPSA) is 37.6 Å². The minimum atomic E-state index is -2.20. The number of fused-ring (bicyclic) bond motifs is 3. The fourth-order valence-corrected chi connectivity index (χ4v) is 5.23. The first-order chi connectivity index (χ1) is 10.5. The highest BCUT2D eigenvalue weighted by Crippen LogP contribution is 2.33. The molecule has 3 rings (SSSR count). The zero-order valence-electron chi connectivity index (χ0n) is 13.9. The Balaban J connectivity index is 2.11. The molecule has 2 aromatic rings. The lowest BCUT2D eigenvalue weighted by molar-refractivity contribution is 0.286. The third kappa shape index (κ3) is 2.46. The SMILES string of the molecule is CN=S1(=O)CCCc2c1ccc1c2ccn1C[C@@H](C)N(C)C. The summed E-state index contributed by atoms with van der Waals surface area (Å²) in [4.78, 5) is 3.19. The van der Waals surface area contributed by atoms with Gasteiger partial charge in [-0.05, 0) is 57.6 Å². The molecule has 5 heteroatoms. The van der Waals surface area contributed by atoms with E-state index in [1.807, 2.05) is 6.07 Å². The van der Waals surface area contributed by atoms with E-state index < -0.39 is 9.73 Å². The molecule has 2 atom stereocenters. The van der Waals surface area contributed by atoms with Crippen molar-refractivity contribution >= 4 is 20.6 Å². The number of aromatic nitrogens is 1. The molecule has 1 unspecified atom stereocenters. The Bertz CT molecular complexity index is 813. The Labute approximate surface area is 133 Å². The van der Waals surface area contributed by atoms with E-state index in [0.717, 1.165) is 24.3 Å². The molecule has 0 spiro atoms. The molecule has 0 radical (unpaired) electrons. The lowest BCUT2D eigenvalue weighted by atomic mass is 10.1. The molecular formula is C17H25N3OS. The number of likely N-dealkylation sites (N-methyl/N-ethyl adjacent to an activating group) is 1. The quantitative estimate of drug-likeness (QED) is 0.872. The minimum absolute atomic E-state index is 0.474. The monoisotopic (exact) mass is 319 g/mol. The zero-order valence-corrected chi connectivity index (χ0v) is 14.7. The average molecular weight is 319 g/mol. The van der Waals surface area contributed by atoms with Gasteiger partial charge < -0.3 is 9.47 Å². The summed E-state index contributed by atoms with van der Waals surface area (Å²) in [6.07, 6.45) is 4.12. The molecule has 120 valence electrons. The third-order valence-electron chi connectivity index (χ3n) is 4.85. The summed E-state index contributed by atoms with van der Waals surface area (Å²) in [6.45, 7) is 3.19. The van der Waals surface area contributed by atoms with Gasteiger partial charge >= 0.3 is 0 Å². The summed E-state index contributed by atoms with van der Waals surface area (Å²) >= 11 is 0. The van der Waals surface area contributed by atoms with Gasteiger partial charge in [-0.1, -0.05) is 0 Å². The number of hydrogen-bond acceptors (Lipinski definition) is 3. The average Bonchev–Trinajstić information content (AvgIpc) is 2.91. The van der Waals surface area contributed by atoms with E-state index in [0.29, 0.717) is 11.8 Å². The van der Waals surface area contributed by atoms with Crippen molar-refractivity contribution in [1.29, 1.82) is 0 Å². The van der Waals surface area contributed by atoms with Crippen molar-refractivity contribution < 1.29 is 4.21 Å². The van der Waals surface area contributed by atoms with Crippen molar-refractivity contribution in [1.82, 2.24) is 9.47 Å². The Morgan fingerprint density at radius 1 is 1.36 bits per heavy atom. The van der Waals surface area contributed by atoms with Gasteiger partial charge in [-0.25, -0.2) is 8.57 Å². The fraction of sp³-hybridized carbons (Fsp3) is 0.529. The van der Waals surface area contributed by atoms with Gasteiger partial charge in [-0.2, -0.15) is 0 Å². The number of hydrogen-bond donors (Lipinski definition) is 0. The van der Waals surface area contributed by atoms with Crippen molar-refractivity contribution in [2.45, 2.75) is 37.2 Å². The molecule has 0 aliphatic carbocycles. The van der Waals surface area contributed by atoms with Gasteiger partial charge in [0.05, 0.1) is 14.6 Å². The first-order valence-corrected chi connectivity index (χ1v) is 9.55. The molecule has 0 amide bonds. The summed E-state index contributed by atoms with van der Waals surface area (Å²) in [5.41, 5.74) is 2.49. The van der Waals surface area contributed by atoms with E-state index in [-0.39, 0.29) is 0 Å². The molecule has 0 N–H and O–H groups in total. The maximum absolute atomic E-state index is 12.9. The second-order valence-electron chi connectivity index (χ2n) is 6.39. The molecule has 4 nitrogen and oxygen atoms in total. The van der Waals surface area contributed by atoms with E-state index in [1.54, 1.807) is 7.05 Å². The van der Waals surface area contributed by atoms with Crippen molar-refractivity contribution in [3.8, 4) is 0 Å². The van der Waals surface area contributed by atoms with Crippen molar-refractivity contribution in [3.63, 3.8) is 0 Å². The number of aryl methyl sites for hydroxylation is 1. The fourth-order valence-electron chi connectivity index (χ4n) is 3.22. The van der Waals surface area contributed by atoms with Crippen LogP contribution in [0.5, 0.6) is 0 Å². The second-order valence-corrected chi connectivity index (χ2v) is 8.88. The van der Waals surface area contributed by atoms with Crippen LogP contribution >= 0.6 is 0 Å². The van der Waals surface area contributed by atoms with Crippen LogP contribution in [0.1, 0.15) is 18.9 Å². The maximum atomic E-state index is 12.9. The first kappa shape index (κ1) is 15.6. The Morgan fingerprint density at radius 2 is 2.14 bits per heavy atom. The predicted molar refractivity (Wildman–Crippen MR) is 93.0 cm³/mol. The summed E-state index contributed by atoms with van der Waals surface area (Å²) in [6, 6.07) is 6.81. The standard InChI is InChI=1S/C17H25N3OS/c1-13(19(3)4)12-20-10-9-14-15-6-5-11-22(21,18-2)17(15)8-7-16(14)20/h7-10,13H,5-6,11-12H2,1-4H3/t13-,22?/m1/s1. The Hall–Kier alpha value is -1.33. The zero-order chi connectivity index (χ0) is 15.9. The smallest absolute Gasteiger partial charge is 0.0752 e. The number of nitrogens with zero attached hydrogens (tertiary/aromatic N) is 3. The molecule has 22 heavy (non-hydrogen) atoms. The molecule has 1 aliphatic heterocycles. The first-order valence-electron chi connectivity index (χ1n) is 7.86. The van der Waals surface area contributed by atoms with E-state index >= 15 is 0 Å². The maximum Gasteiger partial charge on any atom is 0.0752 e. The lowest BCUT2D eigenvalue weighted by Crippen LogP contribution is -2.28. The van der Waals surface area contributed by atoms with Crippen LogP contribution in [0.4, 0.5) is 0 Å². The van der Waals surface area contributed by atoms with Crippen molar-refractivity contribution in [2.24, 2.45) is 4.36 Å². The van der Waals surface area contributed by atoms with Crippen LogP contribution in [0.3, 0.4) is 0 Å². The highest BCUT2D eigenvalue weighted by molar-refractivity contribution is 7.93. The van der Waals surface area contributed by atoms with Crippen molar-refractivity contribution in [3.05, 3.63) is 30.0 Å². The highest BCUT2D eigenvalue weighted by Gasteiger charge is 2.24. The third-order valence-corrected chi connectivity index (χ3v) is 7.35. The largest absolute Gasteiger partial charge is 0.346 e. The van der Waals surface area contributed by atoms with Crippen LogP contribution in [-0.2, 0) is 22.7 Å². The van der Waals surface area contributed by atoms with Crippen LogP contribution in [-0.4, -0.2) is 46.6 Å². The number of rotatable bonds is 3. The van der Waals surface area contributed by atoms with Gasteiger partial charge in [0.1, 0.15) is 0 Å². The van der Waals surface area contributed by atoms with E-state index in [2.05, 4.69) is 53.2 Å². The van der Waals surface area contributed by atoms with Crippen LogP contribution < -0.4 is 0 Å². The second kappa shape index (κ2) is 5.70. The van der Waals surface area contributed by atoms with E-state index in [1.165, 1.54) is 16.5 Å². The molecule has 0 fully saturated rings. The summed E-state index contributed by atoms with van der Waals surface area (Å²) < 4.78 is 19.5. The van der Waals surface area contributed by atoms with Gasteiger partial charge in [-0.15, -0.1) is 0 Å². The minimum Gasteiger partial charge on any atom is -0.346 e. The van der Waals surface area contributed by atoms with Gasteiger partial charge in [0, 0.05) is 42.5 Å². The predicted octanol–water partition coefficient (Wildman–Crippen LogP) is 2.99. The van der Waals surface area contributed by atoms with Crippen LogP contribution in [0, 0.1) is 0 Å². The van der Waals surface area contributed by atoms with Crippen LogP contribution in [0.25, 0.3) is 10.9 Å². The molecular weight excluding hydrogens is 294 g/mol. The Kier molecular flexibility index (Phi) is 4.03. The highest BCUT2D eigenvalue weighted by atomic mass is 32.2. The Morgan fingerprint density at radius 3 is 2.82 bits per heavy atom. The van der Waals surface area contributed by atoms with Gasteiger partial charge in [-0.3, -0.25) is 0 Å².